The van der Waals surface area contributed by atoms with Crippen LogP contribution in [-0.2, 0) is 32.6 Å². The Balaban J connectivity index is 1.72. The molecule has 0 aromatic heterocycles. The number of carbonyl (C=O) groups excluding carboxylic acids is 3. The van der Waals surface area contributed by atoms with E-state index < -0.39 is 40.3 Å². The summed E-state index contributed by atoms with van der Waals surface area (Å²) in [5.41, 5.74) is 1.28. The molecule has 1 N–H and O–H groups in total. The van der Waals surface area contributed by atoms with Gasteiger partial charge >= 0.3 is 0 Å². The lowest BCUT2D eigenvalue weighted by Gasteiger charge is -2.32. The van der Waals surface area contributed by atoms with Crippen molar-refractivity contribution in [2.24, 2.45) is 0 Å². The summed E-state index contributed by atoms with van der Waals surface area (Å²) >= 11 is 12.4. The molecule has 0 radical (unpaired) electrons. The summed E-state index contributed by atoms with van der Waals surface area (Å²) in [7, 11) is -2.78. The number of carbonyl (C=O) groups is 3. The standard InChI is InChI=1S/C26H23Cl2N3O5S/c1-29-25(33)22(13-17-7-3-2-4-8-17)30(15-18-11-12-19(27)14-21(18)28)24(32)16-31-26(34)20-9-5-6-10-23(20)37(31,35)36/h2-12,14,22H,13,15-16H2,1H3,(H,29,33)/t22-/m0/s1. The molecule has 192 valence electrons. The molecule has 37 heavy (non-hydrogen) atoms. The largest absolute Gasteiger partial charge is 0.357 e. The molecule has 1 aliphatic rings. The Kier molecular flexibility index (Phi) is 7.87. The molecule has 1 aliphatic heterocycles. The molecule has 0 bridgehead atoms. The van der Waals surface area contributed by atoms with Gasteiger partial charge in [0.25, 0.3) is 15.9 Å². The van der Waals surface area contributed by atoms with E-state index in [0.29, 0.717) is 14.9 Å². The molecule has 0 saturated heterocycles. The highest BCUT2D eigenvalue weighted by atomic mass is 35.5. The van der Waals surface area contributed by atoms with E-state index >= 15 is 0 Å². The molecule has 0 fully saturated rings. The second-order valence-electron chi connectivity index (χ2n) is 8.39. The van der Waals surface area contributed by atoms with E-state index in [1.165, 1.54) is 36.2 Å². The number of nitrogens with one attached hydrogen (secondary N) is 1. The third-order valence-electron chi connectivity index (χ3n) is 6.06. The fourth-order valence-electron chi connectivity index (χ4n) is 4.15. The lowest BCUT2D eigenvalue weighted by molar-refractivity contribution is -0.140. The first-order valence-corrected chi connectivity index (χ1v) is 13.5. The predicted molar refractivity (Wildman–Crippen MR) is 140 cm³/mol. The highest BCUT2D eigenvalue weighted by molar-refractivity contribution is 7.90. The first-order chi connectivity index (χ1) is 17.6. The van der Waals surface area contributed by atoms with Crippen LogP contribution in [0.1, 0.15) is 21.5 Å². The molecule has 0 unspecified atom stereocenters. The summed E-state index contributed by atoms with van der Waals surface area (Å²) in [6, 6.07) is 18.6. The van der Waals surface area contributed by atoms with Crippen molar-refractivity contribution in [3.8, 4) is 0 Å². The van der Waals surface area contributed by atoms with Crippen LogP contribution in [0.5, 0.6) is 0 Å². The maximum Gasteiger partial charge on any atom is 0.269 e. The first-order valence-electron chi connectivity index (χ1n) is 11.3. The van der Waals surface area contributed by atoms with Crippen LogP contribution in [-0.4, -0.2) is 55.0 Å². The van der Waals surface area contributed by atoms with E-state index in [0.717, 1.165) is 5.56 Å². The average Bonchev–Trinajstić information content (AvgIpc) is 3.08. The number of amides is 3. The molecular weight excluding hydrogens is 537 g/mol. The normalized spacial score (nSPS) is 14.7. The topological polar surface area (TPSA) is 104 Å². The molecule has 1 heterocycles. The molecule has 4 rings (SSSR count). The van der Waals surface area contributed by atoms with Crippen LogP contribution >= 0.6 is 23.2 Å². The zero-order chi connectivity index (χ0) is 26.7. The summed E-state index contributed by atoms with van der Waals surface area (Å²) in [6.45, 7) is -0.891. The quantitative estimate of drug-likeness (QED) is 0.454. The number of fused-ring (bicyclic) bond motifs is 1. The van der Waals surface area contributed by atoms with Crippen molar-refractivity contribution in [1.29, 1.82) is 0 Å². The second kappa shape index (κ2) is 10.9. The van der Waals surface area contributed by atoms with Crippen molar-refractivity contribution in [2.75, 3.05) is 13.6 Å². The highest BCUT2D eigenvalue weighted by Crippen LogP contribution is 2.30. The number of nitrogens with zero attached hydrogens (tertiary/aromatic N) is 2. The zero-order valence-corrected chi connectivity index (χ0v) is 22.1. The van der Waals surface area contributed by atoms with E-state index in [1.807, 2.05) is 30.3 Å². The van der Waals surface area contributed by atoms with Crippen LogP contribution in [0.3, 0.4) is 0 Å². The Hall–Kier alpha value is -3.40. The van der Waals surface area contributed by atoms with Crippen LogP contribution in [0.2, 0.25) is 10.0 Å². The fraction of sp³-hybridized carbons (Fsp3) is 0.192. The van der Waals surface area contributed by atoms with Crippen molar-refractivity contribution >= 4 is 50.9 Å². The van der Waals surface area contributed by atoms with E-state index in [4.69, 9.17) is 23.2 Å². The van der Waals surface area contributed by atoms with E-state index in [-0.39, 0.29) is 28.4 Å². The molecule has 0 spiro atoms. The molecule has 11 heteroatoms. The van der Waals surface area contributed by atoms with Gasteiger partial charge in [-0.3, -0.25) is 14.4 Å². The van der Waals surface area contributed by atoms with Gasteiger partial charge < -0.3 is 10.2 Å². The fourth-order valence-corrected chi connectivity index (χ4v) is 6.14. The summed E-state index contributed by atoms with van der Waals surface area (Å²) < 4.78 is 26.7. The lowest BCUT2D eigenvalue weighted by atomic mass is 10.0. The predicted octanol–water partition coefficient (Wildman–Crippen LogP) is 3.52. The van der Waals surface area contributed by atoms with Gasteiger partial charge in [-0.25, -0.2) is 12.7 Å². The van der Waals surface area contributed by atoms with Crippen LogP contribution in [0.4, 0.5) is 0 Å². The Morgan fingerprint density at radius 2 is 1.68 bits per heavy atom. The number of sulfonamides is 1. The van der Waals surface area contributed by atoms with Crippen LogP contribution in [0.25, 0.3) is 0 Å². The van der Waals surface area contributed by atoms with E-state index in [9.17, 15) is 22.8 Å². The number of benzene rings is 3. The number of hydrogen-bond donors (Lipinski definition) is 1. The highest BCUT2D eigenvalue weighted by Gasteiger charge is 2.43. The van der Waals surface area contributed by atoms with E-state index in [2.05, 4.69) is 5.32 Å². The van der Waals surface area contributed by atoms with Gasteiger partial charge in [0.2, 0.25) is 11.8 Å². The van der Waals surface area contributed by atoms with Crippen LogP contribution in [0.15, 0.2) is 77.7 Å². The number of rotatable bonds is 8. The van der Waals surface area contributed by atoms with Crippen molar-refractivity contribution in [2.45, 2.75) is 23.9 Å². The number of halogens is 2. The minimum absolute atomic E-state index is 0.00488. The summed E-state index contributed by atoms with van der Waals surface area (Å²) in [5.74, 6) is -1.99. The molecule has 3 amide bonds. The average molecular weight is 560 g/mol. The minimum atomic E-state index is -4.23. The Morgan fingerprint density at radius 1 is 1.00 bits per heavy atom. The van der Waals surface area contributed by atoms with Gasteiger partial charge in [-0.15, -0.1) is 0 Å². The molecule has 3 aromatic carbocycles. The van der Waals surface area contributed by atoms with Gasteiger partial charge in [-0.2, -0.15) is 0 Å². The van der Waals surface area contributed by atoms with Crippen LogP contribution < -0.4 is 5.32 Å². The zero-order valence-electron chi connectivity index (χ0n) is 19.7. The molecular formula is C26H23Cl2N3O5S. The van der Waals surface area contributed by atoms with Gasteiger partial charge in [-0.05, 0) is 35.4 Å². The van der Waals surface area contributed by atoms with Crippen molar-refractivity contribution in [3.05, 3.63) is 99.5 Å². The minimum Gasteiger partial charge on any atom is -0.357 e. The van der Waals surface area contributed by atoms with Crippen molar-refractivity contribution in [1.82, 2.24) is 14.5 Å². The van der Waals surface area contributed by atoms with Gasteiger partial charge in [-0.1, -0.05) is 71.7 Å². The van der Waals surface area contributed by atoms with Gasteiger partial charge in [0.15, 0.2) is 0 Å². The summed E-state index contributed by atoms with van der Waals surface area (Å²) in [5, 5.41) is 3.25. The third kappa shape index (κ3) is 5.49. The molecule has 0 saturated carbocycles. The van der Waals surface area contributed by atoms with Gasteiger partial charge in [0.05, 0.1) is 5.56 Å². The van der Waals surface area contributed by atoms with Gasteiger partial charge in [0.1, 0.15) is 17.5 Å². The van der Waals surface area contributed by atoms with Crippen LogP contribution in [0, 0.1) is 0 Å². The second-order valence-corrected chi connectivity index (χ2v) is 11.1. The maximum absolute atomic E-state index is 13.7. The third-order valence-corrected chi connectivity index (χ3v) is 8.44. The molecule has 1 atom stereocenters. The van der Waals surface area contributed by atoms with Crippen molar-refractivity contribution < 1.29 is 22.8 Å². The summed E-state index contributed by atoms with van der Waals surface area (Å²) in [4.78, 5) is 40.8. The van der Waals surface area contributed by atoms with Gasteiger partial charge in [0, 0.05) is 30.1 Å². The Morgan fingerprint density at radius 3 is 2.32 bits per heavy atom. The van der Waals surface area contributed by atoms with Crippen molar-refractivity contribution in [3.63, 3.8) is 0 Å². The number of likely N-dealkylation sites (N-methyl/N-ethyl adjacent to an activating group) is 1. The number of hydrogen-bond acceptors (Lipinski definition) is 5. The SMILES string of the molecule is CNC(=O)[C@H](Cc1ccccc1)N(Cc1ccc(Cl)cc1Cl)C(=O)CN1C(=O)c2ccccc2S1(=O)=O. The van der Waals surface area contributed by atoms with E-state index in [1.54, 1.807) is 18.2 Å². The lowest BCUT2D eigenvalue weighted by Crippen LogP contribution is -2.52. The molecule has 0 aliphatic carbocycles. The Labute approximate surface area is 224 Å². The molecule has 8 nitrogen and oxygen atoms in total. The Bertz CT molecular complexity index is 1460. The molecule has 3 aromatic rings. The summed E-state index contributed by atoms with van der Waals surface area (Å²) in [6.07, 6.45) is 0.151. The first kappa shape index (κ1) is 26.7. The maximum atomic E-state index is 13.7. The smallest absolute Gasteiger partial charge is 0.269 e. The monoisotopic (exact) mass is 559 g/mol.